The van der Waals surface area contributed by atoms with Gasteiger partial charge in [0.05, 0.1) is 13.5 Å². The van der Waals surface area contributed by atoms with Crippen molar-refractivity contribution in [2.75, 3.05) is 7.11 Å². The van der Waals surface area contributed by atoms with Crippen molar-refractivity contribution in [3.05, 3.63) is 64.2 Å². The first-order chi connectivity index (χ1) is 10.1. The molecule has 0 aliphatic carbocycles. The molecular weight excluding hydrogens is 286 g/mol. The molecule has 0 spiro atoms. The lowest BCUT2D eigenvalue weighted by Crippen LogP contribution is -2.24. The molecule has 0 fully saturated rings. The van der Waals surface area contributed by atoms with Crippen LogP contribution >= 0.6 is 11.6 Å². The molecular formula is C17H18ClNO2. The Kier molecular flexibility index (Phi) is 5.23. The number of carbonyl (C=O) groups excluding carboxylic acids is 1. The van der Waals surface area contributed by atoms with Crippen LogP contribution in [-0.4, -0.2) is 13.0 Å². The number of benzene rings is 2. The standard InChI is InChI=1S/C17H18ClNO2/c1-12-9-13(7-8-16(12)21-2)10-17(20)19-11-14-5-3-4-6-15(14)18/h3-9H,10-11H2,1-2H3,(H,19,20). The minimum atomic E-state index is -0.0283. The lowest BCUT2D eigenvalue weighted by molar-refractivity contribution is -0.120. The zero-order valence-electron chi connectivity index (χ0n) is 12.2. The van der Waals surface area contributed by atoms with Gasteiger partial charge in [0.15, 0.2) is 0 Å². The Morgan fingerprint density at radius 2 is 2.00 bits per heavy atom. The van der Waals surface area contributed by atoms with Crippen LogP contribution in [0.25, 0.3) is 0 Å². The van der Waals surface area contributed by atoms with Gasteiger partial charge in [0.25, 0.3) is 0 Å². The van der Waals surface area contributed by atoms with Gasteiger partial charge in [0.1, 0.15) is 5.75 Å². The van der Waals surface area contributed by atoms with E-state index < -0.39 is 0 Å². The maximum Gasteiger partial charge on any atom is 0.224 e. The second-order valence-electron chi connectivity index (χ2n) is 4.85. The first-order valence-corrected chi connectivity index (χ1v) is 7.11. The number of hydrogen-bond donors (Lipinski definition) is 1. The number of aryl methyl sites for hydroxylation is 1. The van der Waals surface area contributed by atoms with Crippen molar-refractivity contribution in [2.45, 2.75) is 19.9 Å². The molecule has 0 aliphatic rings. The molecule has 0 aromatic heterocycles. The number of rotatable bonds is 5. The van der Waals surface area contributed by atoms with Crippen LogP contribution in [0.1, 0.15) is 16.7 Å². The maximum absolute atomic E-state index is 12.0. The number of halogens is 1. The van der Waals surface area contributed by atoms with E-state index in [-0.39, 0.29) is 5.91 Å². The second kappa shape index (κ2) is 7.14. The van der Waals surface area contributed by atoms with Crippen LogP contribution in [0.4, 0.5) is 0 Å². The summed E-state index contributed by atoms with van der Waals surface area (Å²) < 4.78 is 5.21. The van der Waals surface area contributed by atoms with E-state index in [9.17, 15) is 4.79 Å². The van der Waals surface area contributed by atoms with Crippen LogP contribution < -0.4 is 10.1 Å². The molecule has 0 saturated carbocycles. The number of methoxy groups -OCH3 is 1. The van der Waals surface area contributed by atoms with E-state index in [1.807, 2.05) is 49.4 Å². The highest BCUT2D eigenvalue weighted by atomic mass is 35.5. The molecule has 0 atom stereocenters. The van der Waals surface area contributed by atoms with Crippen LogP contribution in [0.2, 0.25) is 5.02 Å². The highest BCUT2D eigenvalue weighted by Crippen LogP contribution is 2.19. The van der Waals surface area contributed by atoms with Gasteiger partial charge in [0.2, 0.25) is 5.91 Å². The molecule has 0 radical (unpaired) electrons. The van der Waals surface area contributed by atoms with Crippen LogP contribution in [0, 0.1) is 6.92 Å². The van der Waals surface area contributed by atoms with Crippen LogP contribution in [0.5, 0.6) is 5.75 Å². The molecule has 0 bridgehead atoms. The van der Waals surface area contributed by atoms with E-state index in [1.165, 1.54) is 0 Å². The van der Waals surface area contributed by atoms with Crippen molar-refractivity contribution in [3.63, 3.8) is 0 Å². The van der Waals surface area contributed by atoms with E-state index in [0.29, 0.717) is 18.0 Å². The lowest BCUT2D eigenvalue weighted by Gasteiger charge is -2.09. The maximum atomic E-state index is 12.0. The molecule has 2 aromatic carbocycles. The summed E-state index contributed by atoms with van der Waals surface area (Å²) in [5, 5.41) is 3.55. The number of carbonyl (C=O) groups is 1. The van der Waals surface area contributed by atoms with Gasteiger partial charge >= 0.3 is 0 Å². The van der Waals surface area contributed by atoms with Crippen LogP contribution in [-0.2, 0) is 17.8 Å². The predicted molar refractivity (Wildman–Crippen MR) is 84.7 cm³/mol. The topological polar surface area (TPSA) is 38.3 Å². The highest BCUT2D eigenvalue weighted by Gasteiger charge is 2.07. The number of hydrogen-bond acceptors (Lipinski definition) is 2. The number of nitrogens with one attached hydrogen (secondary N) is 1. The summed E-state index contributed by atoms with van der Waals surface area (Å²) in [5.41, 5.74) is 2.90. The Morgan fingerprint density at radius 1 is 1.24 bits per heavy atom. The fourth-order valence-electron chi connectivity index (χ4n) is 2.13. The summed E-state index contributed by atoms with van der Waals surface area (Å²) in [4.78, 5) is 12.0. The van der Waals surface area contributed by atoms with Gasteiger partial charge in [-0.25, -0.2) is 0 Å². The van der Waals surface area contributed by atoms with Crippen LogP contribution in [0.3, 0.4) is 0 Å². The minimum absolute atomic E-state index is 0.0283. The van der Waals surface area contributed by atoms with Gasteiger partial charge in [-0.3, -0.25) is 4.79 Å². The molecule has 0 saturated heterocycles. The summed E-state index contributed by atoms with van der Waals surface area (Å²) in [7, 11) is 1.64. The summed E-state index contributed by atoms with van der Waals surface area (Å²) in [6.07, 6.45) is 0.343. The summed E-state index contributed by atoms with van der Waals surface area (Å²) in [5.74, 6) is 0.801. The Bertz CT molecular complexity index is 640. The molecule has 2 aromatic rings. The molecule has 1 amide bonds. The quantitative estimate of drug-likeness (QED) is 0.918. The van der Waals surface area contributed by atoms with Crippen molar-refractivity contribution in [1.29, 1.82) is 0 Å². The van der Waals surface area contributed by atoms with Crippen molar-refractivity contribution in [1.82, 2.24) is 5.32 Å². The summed E-state index contributed by atoms with van der Waals surface area (Å²) in [6.45, 7) is 2.40. The first kappa shape index (κ1) is 15.4. The first-order valence-electron chi connectivity index (χ1n) is 6.74. The monoisotopic (exact) mass is 303 g/mol. The van der Waals surface area contributed by atoms with Gasteiger partial charge in [0, 0.05) is 11.6 Å². The van der Waals surface area contributed by atoms with Gasteiger partial charge in [-0.2, -0.15) is 0 Å². The normalized spacial score (nSPS) is 10.2. The molecule has 4 heteroatoms. The van der Waals surface area contributed by atoms with E-state index in [1.54, 1.807) is 7.11 Å². The molecule has 0 aliphatic heterocycles. The Labute approximate surface area is 129 Å². The average Bonchev–Trinajstić information content (AvgIpc) is 2.46. The molecule has 3 nitrogen and oxygen atoms in total. The van der Waals surface area contributed by atoms with E-state index in [0.717, 1.165) is 22.4 Å². The summed E-state index contributed by atoms with van der Waals surface area (Å²) in [6, 6.07) is 13.2. The zero-order chi connectivity index (χ0) is 15.2. The van der Waals surface area contributed by atoms with Crippen molar-refractivity contribution in [2.24, 2.45) is 0 Å². The Morgan fingerprint density at radius 3 is 2.67 bits per heavy atom. The predicted octanol–water partition coefficient (Wildman–Crippen LogP) is 3.52. The largest absolute Gasteiger partial charge is 0.496 e. The molecule has 1 N–H and O–H groups in total. The smallest absolute Gasteiger partial charge is 0.224 e. The van der Waals surface area contributed by atoms with Crippen molar-refractivity contribution in [3.8, 4) is 5.75 Å². The number of amides is 1. The third-order valence-corrected chi connectivity index (χ3v) is 3.63. The van der Waals surface area contributed by atoms with Crippen molar-refractivity contribution >= 4 is 17.5 Å². The molecule has 2 rings (SSSR count). The third kappa shape index (κ3) is 4.23. The molecule has 21 heavy (non-hydrogen) atoms. The van der Waals surface area contributed by atoms with E-state index >= 15 is 0 Å². The van der Waals surface area contributed by atoms with Crippen molar-refractivity contribution < 1.29 is 9.53 Å². The SMILES string of the molecule is COc1ccc(CC(=O)NCc2ccccc2Cl)cc1C. The Hall–Kier alpha value is -2.00. The zero-order valence-corrected chi connectivity index (χ0v) is 12.9. The van der Waals surface area contributed by atoms with E-state index in [4.69, 9.17) is 16.3 Å². The molecule has 110 valence electrons. The average molecular weight is 304 g/mol. The van der Waals surface area contributed by atoms with Gasteiger partial charge < -0.3 is 10.1 Å². The number of ether oxygens (including phenoxy) is 1. The fourth-order valence-corrected chi connectivity index (χ4v) is 2.34. The van der Waals surface area contributed by atoms with Gasteiger partial charge in [-0.05, 0) is 35.7 Å². The Balaban J connectivity index is 1.93. The highest BCUT2D eigenvalue weighted by molar-refractivity contribution is 6.31. The second-order valence-corrected chi connectivity index (χ2v) is 5.26. The van der Waals surface area contributed by atoms with Gasteiger partial charge in [-0.1, -0.05) is 41.9 Å². The molecule has 0 heterocycles. The third-order valence-electron chi connectivity index (χ3n) is 3.26. The van der Waals surface area contributed by atoms with Gasteiger partial charge in [-0.15, -0.1) is 0 Å². The van der Waals surface area contributed by atoms with Crippen LogP contribution in [0.15, 0.2) is 42.5 Å². The fraction of sp³-hybridized carbons (Fsp3) is 0.235. The van der Waals surface area contributed by atoms with E-state index in [2.05, 4.69) is 5.32 Å². The minimum Gasteiger partial charge on any atom is -0.496 e. The molecule has 0 unspecified atom stereocenters. The summed E-state index contributed by atoms with van der Waals surface area (Å²) >= 11 is 6.06. The lowest BCUT2D eigenvalue weighted by atomic mass is 10.1.